The zero-order valence-electron chi connectivity index (χ0n) is 34.2. The number of phosphoric ester groups is 1. The Labute approximate surface area is 337 Å². The lowest BCUT2D eigenvalue weighted by molar-refractivity contribution is -0.161. The predicted octanol–water partition coefficient (Wildman–Crippen LogP) is 10.7. The van der Waals surface area contributed by atoms with E-state index in [2.05, 4.69) is 91.3 Å². The second-order valence-corrected chi connectivity index (χ2v) is 14.8. The van der Waals surface area contributed by atoms with Gasteiger partial charge < -0.3 is 25.2 Å². The smallest absolute Gasteiger partial charge is 0.472 e. The number of carbonyl (C=O) groups excluding carboxylic acids is 2. The molecule has 318 valence electrons. The van der Waals surface area contributed by atoms with E-state index in [1.54, 1.807) is 0 Å². The molecule has 0 aromatic heterocycles. The molecule has 0 aliphatic rings. The van der Waals surface area contributed by atoms with Crippen molar-refractivity contribution in [2.75, 3.05) is 19.8 Å². The van der Waals surface area contributed by atoms with E-state index in [0.29, 0.717) is 12.8 Å². The van der Waals surface area contributed by atoms with Crippen LogP contribution in [0.2, 0.25) is 0 Å². The number of esters is 2. The third-order valence-corrected chi connectivity index (χ3v) is 9.09. The molecule has 12 heteroatoms. The first-order valence-corrected chi connectivity index (χ1v) is 22.1. The Hall–Kier alpha value is -3.34. The minimum atomic E-state index is -4.74. The summed E-state index contributed by atoms with van der Waals surface area (Å²) in [5, 5.41) is 8.87. The Morgan fingerprint density at radius 3 is 1.57 bits per heavy atom. The van der Waals surface area contributed by atoms with Gasteiger partial charge in [0.2, 0.25) is 0 Å². The summed E-state index contributed by atoms with van der Waals surface area (Å²) >= 11 is 0. The Morgan fingerprint density at radius 2 is 1.04 bits per heavy atom. The lowest BCUT2D eigenvalue weighted by Gasteiger charge is -2.20. The molecule has 3 atom stereocenters. The van der Waals surface area contributed by atoms with E-state index in [9.17, 15) is 23.8 Å². The molecule has 0 aliphatic carbocycles. The van der Waals surface area contributed by atoms with Gasteiger partial charge in [0.25, 0.3) is 0 Å². The molecule has 11 nitrogen and oxygen atoms in total. The highest BCUT2D eigenvalue weighted by Gasteiger charge is 2.28. The number of hydrogen-bond donors (Lipinski definition) is 3. The molecule has 0 saturated heterocycles. The molecule has 0 heterocycles. The highest BCUT2D eigenvalue weighted by Crippen LogP contribution is 2.43. The highest BCUT2D eigenvalue weighted by atomic mass is 31.2. The lowest BCUT2D eigenvalue weighted by Crippen LogP contribution is -2.34. The maximum Gasteiger partial charge on any atom is 0.472 e. The molecule has 1 unspecified atom stereocenters. The summed E-state index contributed by atoms with van der Waals surface area (Å²) in [4.78, 5) is 45.8. The van der Waals surface area contributed by atoms with Gasteiger partial charge in [-0.1, -0.05) is 137 Å². The van der Waals surface area contributed by atoms with Crippen LogP contribution in [-0.2, 0) is 37.5 Å². The van der Waals surface area contributed by atoms with E-state index in [-0.39, 0.29) is 12.8 Å². The fourth-order valence-electron chi connectivity index (χ4n) is 4.91. The monoisotopic (exact) mass is 805 g/mol. The molecule has 0 spiro atoms. The van der Waals surface area contributed by atoms with Gasteiger partial charge in [0.15, 0.2) is 6.10 Å². The van der Waals surface area contributed by atoms with Gasteiger partial charge in [0, 0.05) is 12.8 Å². The number of phosphoric acid groups is 1. The van der Waals surface area contributed by atoms with Gasteiger partial charge >= 0.3 is 25.7 Å². The van der Waals surface area contributed by atoms with Crippen molar-refractivity contribution >= 4 is 25.7 Å². The van der Waals surface area contributed by atoms with Crippen LogP contribution in [0.5, 0.6) is 0 Å². The van der Waals surface area contributed by atoms with Crippen LogP contribution < -0.4 is 5.73 Å². The molecular formula is C44H72NO10P. The molecular weight excluding hydrogens is 733 g/mol. The van der Waals surface area contributed by atoms with Crippen LogP contribution >= 0.6 is 7.82 Å². The maximum atomic E-state index is 12.6. The van der Waals surface area contributed by atoms with Crippen LogP contribution in [0.25, 0.3) is 0 Å². The molecule has 0 radical (unpaired) electrons. The molecule has 56 heavy (non-hydrogen) atoms. The minimum Gasteiger partial charge on any atom is -0.480 e. The number of allylic oxidation sites excluding steroid dienone is 14. The first kappa shape index (κ1) is 52.7. The van der Waals surface area contributed by atoms with E-state index in [4.69, 9.17) is 24.8 Å². The van der Waals surface area contributed by atoms with Crippen molar-refractivity contribution in [3.8, 4) is 0 Å². The van der Waals surface area contributed by atoms with Gasteiger partial charge in [0.05, 0.1) is 13.2 Å². The number of rotatable bonds is 37. The number of unbranched alkanes of at least 4 members (excludes halogenated alkanes) is 9. The fraction of sp³-hybridized carbons (Fsp3) is 0.614. The quantitative estimate of drug-likeness (QED) is 0.0236. The first-order chi connectivity index (χ1) is 27.1. The zero-order chi connectivity index (χ0) is 41.4. The van der Waals surface area contributed by atoms with Crippen LogP contribution in [0, 0.1) is 0 Å². The Kier molecular flexibility index (Phi) is 36.2. The topological polar surface area (TPSA) is 172 Å². The summed E-state index contributed by atoms with van der Waals surface area (Å²) in [7, 11) is -4.74. The minimum absolute atomic E-state index is 0.0891. The summed E-state index contributed by atoms with van der Waals surface area (Å²) in [5.41, 5.74) is 5.32. The van der Waals surface area contributed by atoms with Crippen LogP contribution in [-0.4, -0.2) is 59.9 Å². The summed E-state index contributed by atoms with van der Waals surface area (Å²) in [5.74, 6) is -2.52. The van der Waals surface area contributed by atoms with Gasteiger partial charge in [-0.25, -0.2) is 4.57 Å². The molecule has 0 aromatic carbocycles. The molecule has 4 N–H and O–H groups in total. The lowest BCUT2D eigenvalue weighted by atomic mass is 10.1. The van der Waals surface area contributed by atoms with Crippen LogP contribution in [0.3, 0.4) is 0 Å². The Balaban J connectivity index is 4.55. The van der Waals surface area contributed by atoms with E-state index < -0.39 is 57.7 Å². The fourth-order valence-corrected chi connectivity index (χ4v) is 5.68. The zero-order valence-corrected chi connectivity index (χ0v) is 35.1. The van der Waals surface area contributed by atoms with E-state index in [1.165, 1.54) is 38.5 Å². The standard InChI is InChI=1S/C44H72NO10P/c1-3-5-7-9-11-13-15-17-18-19-20-21-22-24-25-27-29-31-33-35-42(46)52-37-40(38-53-56(50,51)54-39-41(45)44(48)49)55-43(47)36-34-32-30-28-26-23-16-14-12-10-8-6-4-2/h5,7,11,13,17-18,20-21,23-26,29,31,40-41H,3-4,6,8-10,12,14-16,19,22,27-28,30,32-39,45H2,1-2H3,(H,48,49)(H,50,51)/b7-5+,13-11+,18-17+,21-20+,25-24+,26-23+,31-29+/t40-,41+/m0/s1. The van der Waals surface area contributed by atoms with Crippen LogP contribution in [0.1, 0.15) is 142 Å². The number of ether oxygens (including phenoxy) is 2. The van der Waals surface area contributed by atoms with Crippen molar-refractivity contribution in [3.63, 3.8) is 0 Å². The number of carbonyl (C=O) groups is 3. The van der Waals surface area contributed by atoms with Crippen molar-refractivity contribution in [2.45, 2.75) is 154 Å². The van der Waals surface area contributed by atoms with Gasteiger partial charge in [-0.3, -0.25) is 23.4 Å². The normalized spacial score (nSPS) is 14.6. The molecule has 0 bridgehead atoms. The first-order valence-electron chi connectivity index (χ1n) is 20.6. The van der Waals surface area contributed by atoms with Crippen LogP contribution in [0.4, 0.5) is 0 Å². The third kappa shape index (κ3) is 37.6. The maximum absolute atomic E-state index is 12.6. The second-order valence-electron chi connectivity index (χ2n) is 13.4. The summed E-state index contributed by atoms with van der Waals surface area (Å²) in [6.07, 6.45) is 46.7. The molecule has 0 aromatic rings. The predicted molar refractivity (Wildman–Crippen MR) is 226 cm³/mol. The van der Waals surface area contributed by atoms with E-state index in [0.717, 1.165) is 64.2 Å². The molecule has 0 rings (SSSR count). The number of carboxylic acids is 1. The van der Waals surface area contributed by atoms with Crippen molar-refractivity contribution in [2.24, 2.45) is 5.73 Å². The van der Waals surface area contributed by atoms with Gasteiger partial charge in [-0.05, 0) is 77.0 Å². The van der Waals surface area contributed by atoms with Crippen molar-refractivity contribution in [3.05, 3.63) is 85.1 Å². The number of carboxylic acid groups (broad SMARTS) is 1. The number of aliphatic carboxylic acids is 1. The largest absolute Gasteiger partial charge is 0.480 e. The second kappa shape index (κ2) is 38.5. The summed E-state index contributed by atoms with van der Waals surface area (Å²) in [6, 6.07) is -1.54. The third-order valence-electron chi connectivity index (χ3n) is 8.14. The molecule has 0 saturated carbocycles. The van der Waals surface area contributed by atoms with Gasteiger partial charge in [-0.15, -0.1) is 0 Å². The number of nitrogens with two attached hydrogens (primary N) is 1. The van der Waals surface area contributed by atoms with Crippen molar-refractivity contribution < 1.29 is 47.5 Å². The molecule has 0 fully saturated rings. The van der Waals surface area contributed by atoms with Crippen molar-refractivity contribution in [1.82, 2.24) is 0 Å². The Morgan fingerprint density at radius 1 is 0.571 bits per heavy atom. The van der Waals surface area contributed by atoms with Gasteiger partial charge in [-0.2, -0.15) is 0 Å². The Bertz CT molecular complexity index is 1270. The molecule has 0 aliphatic heterocycles. The summed E-state index contributed by atoms with van der Waals surface area (Å²) < 4.78 is 32.5. The summed E-state index contributed by atoms with van der Waals surface area (Å²) in [6.45, 7) is 2.56. The van der Waals surface area contributed by atoms with E-state index >= 15 is 0 Å². The van der Waals surface area contributed by atoms with Crippen molar-refractivity contribution in [1.29, 1.82) is 0 Å². The average molecular weight is 806 g/mol. The molecule has 0 amide bonds. The SMILES string of the molecule is CC/C=C/C/C=C/C/C=C/C/C=C/C/C=C/C/C=C/CCC(=O)OC[C@@H](COP(=O)(O)OC[C@@H](N)C(=O)O)OC(=O)CCCCC/C=C/CCCCCCCC. The van der Waals surface area contributed by atoms with E-state index in [1.807, 2.05) is 12.2 Å². The van der Waals surface area contributed by atoms with Crippen LogP contribution in [0.15, 0.2) is 85.1 Å². The average Bonchev–Trinajstić information content (AvgIpc) is 3.17. The highest BCUT2D eigenvalue weighted by molar-refractivity contribution is 7.47. The van der Waals surface area contributed by atoms with Gasteiger partial charge in [0.1, 0.15) is 12.6 Å². The number of hydrogen-bond acceptors (Lipinski definition) is 9.